The van der Waals surface area contributed by atoms with Crippen molar-refractivity contribution in [1.29, 1.82) is 0 Å². The fourth-order valence-electron chi connectivity index (χ4n) is 3.67. The Hall–Kier alpha value is -3.35. The van der Waals surface area contributed by atoms with Crippen molar-refractivity contribution < 1.29 is 18.4 Å². The fourth-order valence-corrected chi connectivity index (χ4v) is 3.67. The quantitative estimate of drug-likeness (QED) is 0.642. The van der Waals surface area contributed by atoms with Gasteiger partial charge in [-0.15, -0.1) is 0 Å². The summed E-state index contributed by atoms with van der Waals surface area (Å²) in [5.41, 5.74) is 1.52. The normalized spacial score (nSPS) is 14.7. The smallest absolute Gasteiger partial charge is 0.257 e. The summed E-state index contributed by atoms with van der Waals surface area (Å²) in [6.45, 7) is 2.00. The number of carbonyl (C=O) groups is 2. The van der Waals surface area contributed by atoms with Crippen LogP contribution in [0.15, 0.2) is 70.3 Å². The third-order valence-corrected chi connectivity index (χ3v) is 5.23. The minimum absolute atomic E-state index is 0.0487. The summed E-state index contributed by atoms with van der Waals surface area (Å²) in [6, 6.07) is 9.18. The van der Waals surface area contributed by atoms with Crippen LogP contribution in [0.5, 0.6) is 0 Å². The van der Waals surface area contributed by atoms with E-state index in [-0.39, 0.29) is 17.7 Å². The van der Waals surface area contributed by atoms with Gasteiger partial charge in [-0.3, -0.25) is 14.6 Å². The lowest BCUT2D eigenvalue weighted by Crippen LogP contribution is -2.44. The van der Waals surface area contributed by atoms with E-state index in [1.807, 2.05) is 29.2 Å². The third kappa shape index (κ3) is 4.56. The Morgan fingerprint density at radius 3 is 2.62 bits per heavy atom. The van der Waals surface area contributed by atoms with Crippen LogP contribution >= 0.6 is 0 Å². The Kier molecular flexibility index (Phi) is 5.74. The van der Waals surface area contributed by atoms with Crippen molar-refractivity contribution in [3.8, 4) is 0 Å². The van der Waals surface area contributed by atoms with Crippen LogP contribution in [-0.4, -0.2) is 39.7 Å². The van der Waals surface area contributed by atoms with Crippen molar-refractivity contribution in [2.24, 2.45) is 5.92 Å². The van der Waals surface area contributed by atoms with Crippen molar-refractivity contribution in [2.45, 2.75) is 25.9 Å². The fraction of sp³-hybridized carbons (Fsp3) is 0.318. The lowest BCUT2D eigenvalue weighted by molar-refractivity contribution is -0.138. The number of nitrogens with zero attached hydrogens (tertiary/aromatic N) is 3. The summed E-state index contributed by atoms with van der Waals surface area (Å²) >= 11 is 0. The highest BCUT2D eigenvalue weighted by Crippen LogP contribution is 2.23. The van der Waals surface area contributed by atoms with Gasteiger partial charge in [0.15, 0.2) is 0 Å². The first-order chi connectivity index (χ1) is 14.2. The number of likely N-dealkylation sites (tertiary alicyclic amines) is 1. The number of rotatable bonds is 6. The maximum atomic E-state index is 13.3. The SMILES string of the molecule is O=C(c1ccoc1)N1CCC(C(=O)N(Cc2cccnc2)Cc2ccco2)CC1. The molecule has 1 aliphatic heterocycles. The molecule has 0 radical (unpaired) electrons. The van der Waals surface area contributed by atoms with Gasteiger partial charge in [-0.1, -0.05) is 6.07 Å². The van der Waals surface area contributed by atoms with Crippen LogP contribution < -0.4 is 0 Å². The summed E-state index contributed by atoms with van der Waals surface area (Å²) in [6.07, 6.45) is 9.34. The third-order valence-electron chi connectivity index (χ3n) is 5.23. The summed E-state index contributed by atoms with van der Waals surface area (Å²) in [4.78, 5) is 33.5. The van der Waals surface area contributed by atoms with Crippen LogP contribution in [0.1, 0.15) is 34.5 Å². The number of hydrogen-bond donors (Lipinski definition) is 0. The Labute approximate surface area is 168 Å². The van der Waals surface area contributed by atoms with Crippen LogP contribution in [-0.2, 0) is 17.9 Å². The van der Waals surface area contributed by atoms with Gasteiger partial charge in [0.2, 0.25) is 5.91 Å². The first-order valence-corrected chi connectivity index (χ1v) is 9.72. The number of amides is 2. The Bertz CT molecular complexity index is 914. The highest BCUT2D eigenvalue weighted by atomic mass is 16.3. The van der Waals surface area contributed by atoms with Crippen molar-refractivity contribution in [2.75, 3.05) is 13.1 Å². The van der Waals surface area contributed by atoms with Crippen LogP contribution in [0.4, 0.5) is 0 Å². The van der Waals surface area contributed by atoms with E-state index in [2.05, 4.69) is 4.98 Å². The molecule has 0 saturated carbocycles. The standard InChI is InChI=1S/C22H23N3O4/c26-21(18-5-9-24(10-6-18)22(27)19-7-12-28-16-19)25(15-20-4-2-11-29-20)14-17-3-1-8-23-13-17/h1-4,7-8,11-13,16,18H,5-6,9-10,14-15H2. The summed E-state index contributed by atoms with van der Waals surface area (Å²) in [5, 5.41) is 0. The summed E-state index contributed by atoms with van der Waals surface area (Å²) in [7, 11) is 0. The molecule has 7 nitrogen and oxygen atoms in total. The second-order valence-electron chi connectivity index (χ2n) is 7.21. The Morgan fingerprint density at radius 1 is 1.10 bits per heavy atom. The van der Waals surface area contributed by atoms with Gasteiger partial charge in [0.1, 0.15) is 12.0 Å². The molecule has 0 unspecified atom stereocenters. The van der Waals surface area contributed by atoms with Crippen LogP contribution in [0, 0.1) is 5.92 Å². The number of furan rings is 2. The van der Waals surface area contributed by atoms with E-state index in [1.54, 1.807) is 29.6 Å². The molecule has 7 heteroatoms. The molecule has 4 rings (SSSR count). The lowest BCUT2D eigenvalue weighted by Gasteiger charge is -2.34. The van der Waals surface area contributed by atoms with Crippen molar-refractivity contribution in [3.05, 3.63) is 78.4 Å². The van der Waals surface area contributed by atoms with Gasteiger partial charge < -0.3 is 18.6 Å². The molecule has 1 saturated heterocycles. The van der Waals surface area contributed by atoms with Crippen LogP contribution in [0.2, 0.25) is 0 Å². The molecule has 0 spiro atoms. The molecule has 1 fully saturated rings. The number of hydrogen-bond acceptors (Lipinski definition) is 5. The minimum atomic E-state index is -0.116. The highest BCUT2D eigenvalue weighted by Gasteiger charge is 2.31. The van der Waals surface area contributed by atoms with Crippen molar-refractivity contribution in [1.82, 2.24) is 14.8 Å². The Balaban J connectivity index is 1.41. The van der Waals surface area contributed by atoms with Gasteiger partial charge in [-0.2, -0.15) is 0 Å². The largest absolute Gasteiger partial charge is 0.472 e. The maximum absolute atomic E-state index is 13.3. The number of pyridine rings is 1. The van der Waals surface area contributed by atoms with Gasteiger partial charge in [0.05, 0.1) is 24.6 Å². The molecule has 1 aliphatic rings. The topological polar surface area (TPSA) is 79.8 Å². The van der Waals surface area contributed by atoms with E-state index in [0.717, 1.165) is 11.3 Å². The molecule has 29 heavy (non-hydrogen) atoms. The average molecular weight is 393 g/mol. The second kappa shape index (κ2) is 8.77. The molecule has 0 aromatic carbocycles. The van der Waals surface area contributed by atoms with E-state index in [9.17, 15) is 9.59 Å². The van der Waals surface area contributed by atoms with Crippen molar-refractivity contribution >= 4 is 11.8 Å². The van der Waals surface area contributed by atoms with E-state index >= 15 is 0 Å². The summed E-state index contributed by atoms with van der Waals surface area (Å²) in [5.74, 6) is 0.665. The molecule has 0 N–H and O–H groups in total. The zero-order chi connectivity index (χ0) is 20.1. The summed E-state index contributed by atoms with van der Waals surface area (Å²) < 4.78 is 10.5. The zero-order valence-corrected chi connectivity index (χ0v) is 16.1. The van der Waals surface area contributed by atoms with E-state index in [0.29, 0.717) is 44.6 Å². The Morgan fingerprint density at radius 2 is 1.97 bits per heavy atom. The molecule has 3 aromatic rings. The van der Waals surface area contributed by atoms with E-state index in [4.69, 9.17) is 8.83 Å². The first-order valence-electron chi connectivity index (χ1n) is 9.72. The average Bonchev–Trinajstić information content (AvgIpc) is 3.47. The molecule has 0 atom stereocenters. The maximum Gasteiger partial charge on any atom is 0.257 e. The molecular formula is C22H23N3O4. The highest BCUT2D eigenvalue weighted by molar-refractivity contribution is 5.94. The monoisotopic (exact) mass is 393 g/mol. The van der Waals surface area contributed by atoms with E-state index in [1.165, 1.54) is 12.5 Å². The molecular weight excluding hydrogens is 370 g/mol. The second-order valence-corrected chi connectivity index (χ2v) is 7.21. The zero-order valence-electron chi connectivity index (χ0n) is 16.1. The van der Waals surface area contributed by atoms with Crippen LogP contribution in [0.3, 0.4) is 0 Å². The number of carbonyl (C=O) groups excluding carboxylic acids is 2. The number of piperidine rings is 1. The molecule has 4 heterocycles. The minimum Gasteiger partial charge on any atom is -0.472 e. The molecule has 3 aromatic heterocycles. The first kappa shape index (κ1) is 19.0. The molecule has 2 amide bonds. The van der Waals surface area contributed by atoms with Crippen LogP contribution in [0.25, 0.3) is 0 Å². The number of aromatic nitrogens is 1. The van der Waals surface area contributed by atoms with Gasteiger partial charge in [-0.25, -0.2) is 0 Å². The predicted octanol–water partition coefficient (Wildman–Crippen LogP) is 3.35. The van der Waals surface area contributed by atoms with Gasteiger partial charge in [-0.05, 0) is 42.7 Å². The van der Waals surface area contributed by atoms with Gasteiger partial charge in [0.25, 0.3) is 5.91 Å². The molecule has 150 valence electrons. The van der Waals surface area contributed by atoms with Crippen molar-refractivity contribution in [3.63, 3.8) is 0 Å². The molecule has 0 aliphatic carbocycles. The van der Waals surface area contributed by atoms with E-state index < -0.39 is 0 Å². The lowest BCUT2D eigenvalue weighted by atomic mass is 9.94. The predicted molar refractivity (Wildman–Crippen MR) is 105 cm³/mol. The van der Waals surface area contributed by atoms with Gasteiger partial charge >= 0.3 is 0 Å². The van der Waals surface area contributed by atoms with Gasteiger partial charge in [0, 0.05) is 37.9 Å². The molecule has 0 bridgehead atoms.